The van der Waals surface area contributed by atoms with E-state index < -0.39 is 0 Å². The number of nitrogens with zero attached hydrogens (tertiary/aromatic N) is 1. The van der Waals surface area contributed by atoms with Crippen LogP contribution in [0.1, 0.15) is 23.6 Å². The van der Waals surface area contributed by atoms with Crippen molar-refractivity contribution in [1.82, 2.24) is 5.43 Å². The maximum atomic E-state index is 5.84. The molecule has 0 aliphatic carbocycles. The third-order valence-electron chi connectivity index (χ3n) is 4.16. The number of thiocarbonyl (C=S) groups is 1. The topological polar surface area (TPSA) is 45.7 Å². The first kappa shape index (κ1) is 19.6. The Labute approximate surface area is 171 Å². The highest BCUT2D eigenvalue weighted by molar-refractivity contribution is 7.80. The van der Waals surface area contributed by atoms with E-state index in [1.165, 1.54) is 5.56 Å². The Kier molecular flexibility index (Phi) is 6.76. The maximum absolute atomic E-state index is 5.84. The third-order valence-corrected chi connectivity index (χ3v) is 4.35. The van der Waals surface area contributed by atoms with Crippen LogP contribution in [0.2, 0.25) is 0 Å². The van der Waals surface area contributed by atoms with E-state index in [0.29, 0.717) is 11.7 Å². The summed E-state index contributed by atoms with van der Waals surface area (Å²) in [6, 6.07) is 25.9. The lowest BCUT2D eigenvalue weighted by molar-refractivity contribution is 0.306. The average molecular weight is 390 g/mol. The van der Waals surface area contributed by atoms with Gasteiger partial charge in [-0.15, -0.1) is 0 Å². The van der Waals surface area contributed by atoms with Gasteiger partial charge in [-0.25, -0.2) is 0 Å². The summed E-state index contributed by atoms with van der Waals surface area (Å²) in [6.45, 7) is 4.56. The van der Waals surface area contributed by atoms with E-state index in [-0.39, 0.29) is 0 Å². The van der Waals surface area contributed by atoms with Gasteiger partial charge in [0.15, 0.2) is 5.11 Å². The van der Waals surface area contributed by atoms with E-state index in [1.807, 2.05) is 61.5 Å². The fourth-order valence-corrected chi connectivity index (χ4v) is 2.69. The Morgan fingerprint density at radius 3 is 2.29 bits per heavy atom. The zero-order valence-electron chi connectivity index (χ0n) is 16.0. The van der Waals surface area contributed by atoms with Crippen molar-refractivity contribution in [2.24, 2.45) is 5.10 Å². The van der Waals surface area contributed by atoms with Crippen LogP contribution in [0, 0.1) is 6.92 Å². The molecule has 0 saturated heterocycles. The fraction of sp³-hybridized carbons (Fsp3) is 0.130. The number of nitrogens with one attached hydrogen (secondary N) is 2. The van der Waals surface area contributed by atoms with Gasteiger partial charge >= 0.3 is 0 Å². The number of anilines is 1. The first-order valence-corrected chi connectivity index (χ1v) is 9.46. The number of hydrogen-bond donors (Lipinski definition) is 2. The minimum absolute atomic E-state index is 0.448. The molecule has 142 valence electrons. The predicted octanol–water partition coefficient (Wildman–Crippen LogP) is 5.28. The Hall–Kier alpha value is -3.18. The Morgan fingerprint density at radius 1 is 0.929 bits per heavy atom. The van der Waals surface area contributed by atoms with Crippen molar-refractivity contribution < 1.29 is 4.74 Å². The lowest BCUT2D eigenvalue weighted by Crippen LogP contribution is -2.24. The molecule has 0 spiro atoms. The summed E-state index contributed by atoms with van der Waals surface area (Å²) in [7, 11) is 0. The summed E-state index contributed by atoms with van der Waals surface area (Å²) in [6.07, 6.45) is 0. The Balaban J connectivity index is 1.52. The van der Waals surface area contributed by atoms with Crippen LogP contribution in [0.15, 0.2) is 84.0 Å². The molecular formula is C23H23N3OS. The van der Waals surface area contributed by atoms with Crippen LogP contribution in [0.4, 0.5) is 5.69 Å². The minimum atomic E-state index is 0.448. The van der Waals surface area contributed by atoms with E-state index >= 15 is 0 Å². The zero-order chi connectivity index (χ0) is 19.8. The van der Waals surface area contributed by atoms with E-state index in [9.17, 15) is 0 Å². The molecule has 28 heavy (non-hydrogen) atoms. The van der Waals surface area contributed by atoms with Crippen LogP contribution in [0.3, 0.4) is 0 Å². The highest BCUT2D eigenvalue weighted by Gasteiger charge is 2.01. The minimum Gasteiger partial charge on any atom is -0.489 e. The monoisotopic (exact) mass is 389 g/mol. The SMILES string of the molecule is C/C(=N\NC(=S)Nc1ccccc1)c1ccc(OCc2ccc(C)cc2)cc1. The maximum Gasteiger partial charge on any atom is 0.191 e. The highest BCUT2D eigenvalue weighted by Crippen LogP contribution is 2.15. The summed E-state index contributed by atoms with van der Waals surface area (Å²) in [4.78, 5) is 0. The number of hydrazone groups is 1. The molecule has 3 rings (SSSR count). The zero-order valence-corrected chi connectivity index (χ0v) is 16.8. The normalized spacial score (nSPS) is 11.0. The molecule has 0 aliphatic heterocycles. The fourth-order valence-electron chi connectivity index (χ4n) is 2.52. The van der Waals surface area contributed by atoms with Crippen molar-refractivity contribution in [3.63, 3.8) is 0 Å². The van der Waals surface area contributed by atoms with Crippen molar-refractivity contribution >= 4 is 28.7 Å². The quantitative estimate of drug-likeness (QED) is 0.342. The van der Waals surface area contributed by atoms with E-state index in [1.54, 1.807) is 0 Å². The first-order valence-electron chi connectivity index (χ1n) is 9.05. The molecule has 0 atom stereocenters. The molecule has 0 bridgehead atoms. The molecule has 2 N–H and O–H groups in total. The Bertz CT molecular complexity index is 936. The molecule has 0 fully saturated rings. The summed E-state index contributed by atoms with van der Waals surface area (Å²) in [5.74, 6) is 0.825. The van der Waals surface area contributed by atoms with Crippen molar-refractivity contribution in [3.05, 3.63) is 95.6 Å². The van der Waals surface area contributed by atoms with Gasteiger partial charge in [-0.05, 0) is 73.6 Å². The van der Waals surface area contributed by atoms with Crippen molar-refractivity contribution in [1.29, 1.82) is 0 Å². The number of benzene rings is 3. The van der Waals surface area contributed by atoms with E-state index in [0.717, 1.165) is 28.3 Å². The van der Waals surface area contributed by atoms with Gasteiger partial charge in [0, 0.05) is 5.69 Å². The second-order valence-corrected chi connectivity index (χ2v) is 6.84. The van der Waals surface area contributed by atoms with Crippen LogP contribution in [0.5, 0.6) is 5.75 Å². The highest BCUT2D eigenvalue weighted by atomic mass is 32.1. The summed E-state index contributed by atoms with van der Waals surface area (Å²) in [5.41, 5.74) is 8.02. The van der Waals surface area contributed by atoms with Crippen LogP contribution >= 0.6 is 12.2 Å². The van der Waals surface area contributed by atoms with E-state index in [4.69, 9.17) is 17.0 Å². The standard InChI is InChI=1S/C23H23N3OS/c1-17-8-10-19(11-9-17)16-27-22-14-12-20(13-15-22)18(2)25-26-23(28)24-21-6-4-3-5-7-21/h3-15H,16H2,1-2H3,(H2,24,26,28)/b25-18+. The molecule has 0 unspecified atom stereocenters. The number of rotatable bonds is 6. The van der Waals surface area contributed by atoms with Crippen LogP contribution in [-0.2, 0) is 6.61 Å². The summed E-state index contributed by atoms with van der Waals surface area (Å²) < 4.78 is 5.84. The van der Waals surface area contributed by atoms with Crippen molar-refractivity contribution in [2.45, 2.75) is 20.5 Å². The average Bonchev–Trinajstić information content (AvgIpc) is 2.73. The Morgan fingerprint density at radius 2 is 1.61 bits per heavy atom. The molecule has 0 radical (unpaired) electrons. The lowest BCUT2D eigenvalue weighted by atomic mass is 10.1. The molecule has 0 saturated carbocycles. The lowest BCUT2D eigenvalue weighted by Gasteiger charge is -2.09. The van der Waals surface area contributed by atoms with Gasteiger partial charge in [0.2, 0.25) is 0 Å². The molecule has 4 nitrogen and oxygen atoms in total. The molecular weight excluding hydrogens is 366 g/mol. The smallest absolute Gasteiger partial charge is 0.191 e. The number of ether oxygens (including phenoxy) is 1. The molecule has 3 aromatic carbocycles. The van der Waals surface area contributed by atoms with Crippen LogP contribution in [0.25, 0.3) is 0 Å². The molecule has 0 aromatic heterocycles. The largest absolute Gasteiger partial charge is 0.489 e. The van der Waals surface area contributed by atoms with Gasteiger partial charge in [0.05, 0.1) is 5.71 Å². The first-order chi connectivity index (χ1) is 13.6. The van der Waals surface area contributed by atoms with Crippen LogP contribution < -0.4 is 15.5 Å². The second-order valence-electron chi connectivity index (χ2n) is 6.43. The molecule has 0 heterocycles. The van der Waals surface area contributed by atoms with Crippen molar-refractivity contribution in [3.8, 4) is 5.75 Å². The molecule has 3 aromatic rings. The predicted molar refractivity (Wildman–Crippen MR) is 120 cm³/mol. The third kappa shape index (κ3) is 5.93. The number of aryl methyl sites for hydroxylation is 1. The number of para-hydroxylation sites is 1. The van der Waals surface area contributed by atoms with Crippen molar-refractivity contribution in [2.75, 3.05) is 5.32 Å². The van der Waals surface area contributed by atoms with Crippen LogP contribution in [-0.4, -0.2) is 10.8 Å². The van der Waals surface area contributed by atoms with Gasteiger partial charge in [-0.2, -0.15) is 5.10 Å². The number of hydrogen-bond acceptors (Lipinski definition) is 3. The second kappa shape index (κ2) is 9.67. The van der Waals surface area contributed by atoms with Gasteiger partial charge in [0.25, 0.3) is 0 Å². The summed E-state index contributed by atoms with van der Waals surface area (Å²) in [5, 5.41) is 7.88. The summed E-state index contributed by atoms with van der Waals surface area (Å²) >= 11 is 5.26. The molecule has 0 aliphatic rings. The van der Waals surface area contributed by atoms with Gasteiger partial charge < -0.3 is 10.1 Å². The molecule has 5 heteroatoms. The molecule has 0 amide bonds. The van der Waals surface area contributed by atoms with E-state index in [2.05, 4.69) is 47.0 Å². The van der Waals surface area contributed by atoms with Gasteiger partial charge in [-0.3, -0.25) is 5.43 Å². The van der Waals surface area contributed by atoms with Gasteiger partial charge in [0.1, 0.15) is 12.4 Å². The van der Waals surface area contributed by atoms with Gasteiger partial charge in [-0.1, -0.05) is 48.0 Å².